The van der Waals surface area contributed by atoms with Gasteiger partial charge in [0.25, 0.3) is 0 Å². The van der Waals surface area contributed by atoms with Crippen molar-refractivity contribution < 1.29 is 9.53 Å². The lowest BCUT2D eigenvalue weighted by atomic mass is 10.1. The molecule has 0 aliphatic heterocycles. The van der Waals surface area contributed by atoms with Gasteiger partial charge in [-0.25, -0.2) is 0 Å². The van der Waals surface area contributed by atoms with Gasteiger partial charge in [-0.2, -0.15) is 0 Å². The summed E-state index contributed by atoms with van der Waals surface area (Å²) in [6.45, 7) is 10.0. The summed E-state index contributed by atoms with van der Waals surface area (Å²) in [4.78, 5) is 11.3. The Kier molecular flexibility index (Phi) is 10.0. The maximum Gasteiger partial charge on any atom is 0.219 e. The van der Waals surface area contributed by atoms with Crippen LogP contribution in [0.3, 0.4) is 0 Å². The van der Waals surface area contributed by atoms with Crippen LogP contribution in [0.1, 0.15) is 72.6 Å². The molecule has 0 spiro atoms. The molecule has 0 aromatic carbocycles. The van der Waals surface area contributed by atoms with Gasteiger partial charge in [-0.05, 0) is 40.0 Å². The van der Waals surface area contributed by atoms with E-state index < -0.39 is 0 Å². The van der Waals surface area contributed by atoms with Gasteiger partial charge in [0, 0.05) is 19.6 Å². The van der Waals surface area contributed by atoms with E-state index in [-0.39, 0.29) is 11.5 Å². The molecule has 0 saturated heterocycles. The van der Waals surface area contributed by atoms with Gasteiger partial charge in [0.05, 0.1) is 5.60 Å². The first-order chi connectivity index (χ1) is 8.45. The number of ether oxygens (including phenoxy) is 1. The molecule has 0 heterocycles. The predicted octanol–water partition coefficient (Wildman–Crippen LogP) is 3.67. The predicted molar refractivity (Wildman–Crippen MR) is 76.7 cm³/mol. The fourth-order valence-electron chi connectivity index (χ4n) is 1.61. The number of carbonyl (C=O) groups is 1. The van der Waals surface area contributed by atoms with Crippen LogP contribution >= 0.6 is 0 Å². The molecule has 108 valence electrons. The maximum atomic E-state index is 11.3. The first-order valence-electron chi connectivity index (χ1n) is 7.36. The van der Waals surface area contributed by atoms with E-state index in [9.17, 15) is 4.79 Å². The average molecular weight is 257 g/mol. The quantitative estimate of drug-likeness (QED) is 0.606. The summed E-state index contributed by atoms with van der Waals surface area (Å²) in [7, 11) is 0. The van der Waals surface area contributed by atoms with E-state index in [2.05, 4.69) is 33.0 Å². The van der Waals surface area contributed by atoms with E-state index in [1.54, 1.807) is 0 Å². The molecule has 0 aliphatic carbocycles. The number of hydrogen-bond donors (Lipinski definition) is 1. The smallest absolute Gasteiger partial charge is 0.219 e. The van der Waals surface area contributed by atoms with Crippen LogP contribution in [0.4, 0.5) is 0 Å². The zero-order valence-corrected chi connectivity index (χ0v) is 12.7. The molecule has 0 aliphatic rings. The second kappa shape index (κ2) is 10.4. The third kappa shape index (κ3) is 13.5. The van der Waals surface area contributed by atoms with Gasteiger partial charge in [0.2, 0.25) is 5.91 Å². The molecule has 0 aromatic heterocycles. The lowest BCUT2D eigenvalue weighted by molar-refractivity contribution is -0.121. The molecule has 3 heteroatoms. The Morgan fingerprint density at radius 2 is 1.72 bits per heavy atom. The highest BCUT2D eigenvalue weighted by atomic mass is 16.5. The van der Waals surface area contributed by atoms with Crippen molar-refractivity contribution in [3.8, 4) is 0 Å². The molecule has 0 aromatic rings. The fraction of sp³-hybridized carbons (Fsp3) is 0.933. The van der Waals surface area contributed by atoms with Crippen LogP contribution in [0.25, 0.3) is 0 Å². The van der Waals surface area contributed by atoms with E-state index >= 15 is 0 Å². The third-order valence-electron chi connectivity index (χ3n) is 2.69. The van der Waals surface area contributed by atoms with Gasteiger partial charge in [-0.15, -0.1) is 0 Å². The first kappa shape index (κ1) is 17.4. The summed E-state index contributed by atoms with van der Waals surface area (Å²) in [5.41, 5.74) is -0.0206. The maximum absolute atomic E-state index is 11.3. The van der Waals surface area contributed by atoms with Crippen molar-refractivity contribution in [3.63, 3.8) is 0 Å². The second-order valence-corrected chi connectivity index (χ2v) is 5.83. The average Bonchev–Trinajstić information content (AvgIpc) is 2.28. The molecule has 18 heavy (non-hydrogen) atoms. The molecular weight excluding hydrogens is 226 g/mol. The Balaban J connectivity index is 3.19. The van der Waals surface area contributed by atoms with Gasteiger partial charge in [-0.1, -0.05) is 26.2 Å². The lowest BCUT2D eigenvalue weighted by Crippen LogP contribution is -2.24. The molecule has 1 N–H and O–H groups in total. The van der Waals surface area contributed by atoms with E-state index in [0.29, 0.717) is 6.42 Å². The minimum Gasteiger partial charge on any atom is -0.376 e. The van der Waals surface area contributed by atoms with Gasteiger partial charge in [-0.3, -0.25) is 4.79 Å². The van der Waals surface area contributed by atoms with Gasteiger partial charge in [0.15, 0.2) is 0 Å². The van der Waals surface area contributed by atoms with Crippen LogP contribution in [0.2, 0.25) is 0 Å². The summed E-state index contributed by atoms with van der Waals surface area (Å²) in [5.74, 6) is 0.202. The van der Waals surface area contributed by atoms with Crippen LogP contribution in [0.15, 0.2) is 0 Å². The number of nitrogens with one attached hydrogen (secondary N) is 1. The third-order valence-corrected chi connectivity index (χ3v) is 2.69. The summed E-state index contributed by atoms with van der Waals surface area (Å²) in [6.07, 6.45) is 7.30. The second-order valence-electron chi connectivity index (χ2n) is 5.83. The Bertz CT molecular complexity index is 209. The van der Waals surface area contributed by atoms with Gasteiger partial charge >= 0.3 is 0 Å². The van der Waals surface area contributed by atoms with Crippen molar-refractivity contribution >= 4 is 5.91 Å². The molecular formula is C15H31NO2. The van der Waals surface area contributed by atoms with Crippen LogP contribution in [-0.2, 0) is 9.53 Å². The number of rotatable bonds is 10. The van der Waals surface area contributed by atoms with Crippen molar-refractivity contribution in [1.82, 2.24) is 5.32 Å². The topological polar surface area (TPSA) is 38.3 Å². The molecule has 1 amide bonds. The van der Waals surface area contributed by atoms with Crippen LogP contribution in [0.5, 0.6) is 0 Å². The van der Waals surface area contributed by atoms with Crippen molar-refractivity contribution in [2.75, 3.05) is 13.2 Å². The summed E-state index contributed by atoms with van der Waals surface area (Å²) in [6, 6.07) is 0. The van der Waals surface area contributed by atoms with E-state index in [1.807, 2.05) is 0 Å². The largest absolute Gasteiger partial charge is 0.376 e. The Morgan fingerprint density at radius 3 is 2.33 bits per heavy atom. The fourth-order valence-corrected chi connectivity index (χ4v) is 1.61. The number of unbranched alkanes of at least 4 members (excludes halogenated alkanes) is 4. The number of amides is 1. The van der Waals surface area contributed by atoms with Crippen molar-refractivity contribution in [2.24, 2.45) is 0 Å². The Hall–Kier alpha value is -0.570. The highest BCUT2D eigenvalue weighted by Gasteiger charge is 2.08. The van der Waals surface area contributed by atoms with E-state index in [1.165, 1.54) is 12.8 Å². The number of hydrogen-bond acceptors (Lipinski definition) is 2. The molecule has 0 atom stereocenters. The standard InChI is InChI=1S/C15H31NO2/c1-5-6-11-14(17)16-12-9-7-8-10-13-18-15(2,3)4/h5-13H2,1-4H3,(H,16,17). The molecule has 0 bridgehead atoms. The molecule has 0 rings (SSSR count). The Morgan fingerprint density at radius 1 is 1.06 bits per heavy atom. The lowest BCUT2D eigenvalue weighted by Gasteiger charge is -2.19. The van der Waals surface area contributed by atoms with Crippen molar-refractivity contribution in [2.45, 2.75) is 78.2 Å². The summed E-state index contributed by atoms with van der Waals surface area (Å²) < 4.78 is 5.65. The van der Waals surface area contributed by atoms with Gasteiger partial charge in [0.1, 0.15) is 0 Å². The van der Waals surface area contributed by atoms with Crippen molar-refractivity contribution in [3.05, 3.63) is 0 Å². The molecule has 0 saturated carbocycles. The van der Waals surface area contributed by atoms with Crippen molar-refractivity contribution in [1.29, 1.82) is 0 Å². The van der Waals surface area contributed by atoms with E-state index in [0.717, 1.165) is 38.8 Å². The normalized spacial score (nSPS) is 11.6. The SMILES string of the molecule is CCCCC(=O)NCCCCCCOC(C)(C)C. The minimum atomic E-state index is -0.0206. The van der Waals surface area contributed by atoms with Crippen LogP contribution < -0.4 is 5.32 Å². The first-order valence-corrected chi connectivity index (χ1v) is 7.36. The van der Waals surface area contributed by atoms with E-state index in [4.69, 9.17) is 4.74 Å². The zero-order valence-electron chi connectivity index (χ0n) is 12.7. The number of carbonyl (C=O) groups excluding carboxylic acids is 1. The molecule has 0 radical (unpaired) electrons. The van der Waals surface area contributed by atoms with Crippen LogP contribution in [0, 0.1) is 0 Å². The van der Waals surface area contributed by atoms with Crippen LogP contribution in [-0.4, -0.2) is 24.7 Å². The minimum absolute atomic E-state index is 0.0206. The molecule has 0 unspecified atom stereocenters. The summed E-state index contributed by atoms with van der Waals surface area (Å²) in [5, 5.41) is 2.96. The molecule has 3 nitrogen and oxygen atoms in total. The summed E-state index contributed by atoms with van der Waals surface area (Å²) >= 11 is 0. The zero-order chi connectivity index (χ0) is 13.9. The van der Waals surface area contributed by atoms with Gasteiger partial charge < -0.3 is 10.1 Å². The highest BCUT2D eigenvalue weighted by Crippen LogP contribution is 2.08. The monoisotopic (exact) mass is 257 g/mol. The highest BCUT2D eigenvalue weighted by molar-refractivity contribution is 5.75. The Labute approximate surface area is 113 Å². The molecule has 0 fully saturated rings.